The van der Waals surface area contributed by atoms with E-state index >= 15 is 0 Å². The van der Waals surface area contributed by atoms with Crippen molar-refractivity contribution in [2.45, 2.75) is 32.1 Å². The number of aromatic nitrogens is 2. The highest BCUT2D eigenvalue weighted by atomic mass is 79.9. The van der Waals surface area contributed by atoms with Gasteiger partial charge in [0.15, 0.2) is 0 Å². The first-order valence-corrected chi connectivity index (χ1v) is 6.70. The van der Waals surface area contributed by atoms with Crippen LogP contribution in [0.2, 0.25) is 5.15 Å². The summed E-state index contributed by atoms with van der Waals surface area (Å²) in [7, 11) is 0. The predicted octanol–water partition coefficient (Wildman–Crippen LogP) is 4.42. The predicted molar refractivity (Wildman–Crippen MR) is 70.2 cm³/mol. The van der Waals surface area contributed by atoms with Crippen molar-refractivity contribution in [2.24, 2.45) is 0 Å². The van der Waals surface area contributed by atoms with Crippen LogP contribution in [0.4, 0.5) is 0 Å². The number of aromatic amines is 1. The molecule has 2 nitrogen and oxygen atoms in total. The monoisotopic (exact) mass is 298 g/mol. The first kappa shape index (κ1) is 10.6. The standard InChI is InChI=1S/C12H12BrClN2/c1-6-3-2-4-7-10(6)15-9-5-8(13)12(14)16-11(7)9/h5-6,15H,2-4H2,1H3. The summed E-state index contributed by atoms with van der Waals surface area (Å²) < 4.78 is 0.855. The van der Waals surface area contributed by atoms with Gasteiger partial charge in [-0.3, -0.25) is 0 Å². The van der Waals surface area contributed by atoms with E-state index in [2.05, 4.69) is 32.8 Å². The Bertz CT molecular complexity index is 562. The van der Waals surface area contributed by atoms with E-state index in [0.717, 1.165) is 21.9 Å². The van der Waals surface area contributed by atoms with E-state index < -0.39 is 0 Å². The number of aryl methyl sites for hydroxylation is 1. The maximum Gasteiger partial charge on any atom is 0.144 e. The molecule has 4 heteroatoms. The van der Waals surface area contributed by atoms with E-state index in [1.807, 2.05) is 6.07 Å². The second-order valence-electron chi connectivity index (χ2n) is 4.47. The summed E-state index contributed by atoms with van der Waals surface area (Å²) in [4.78, 5) is 7.95. The first-order chi connectivity index (χ1) is 7.66. The lowest BCUT2D eigenvalue weighted by Crippen LogP contribution is -2.05. The van der Waals surface area contributed by atoms with E-state index in [-0.39, 0.29) is 0 Å². The summed E-state index contributed by atoms with van der Waals surface area (Å²) in [5.41, 5.74) is 4.86. The zero-order valence-corrected chi connectivity index (χ0v) is 11.3. The molecule has 0 amide bonds. The molecule has 0 radical (unpaired) electrons. The zero-order valence-electron chi connectivity index (χ0n) is 8.98. The highest BCUT2D eigenvalue weighted by Crippen LogP contribution is 2.36. The van der Waals surface area contributed by atoms with E-state index in [4.69, 9.17) is 11.6 Å². The number of hydrogen-bond acceptors (Lipinski definition) is 1. The van der Waals surface area contributed by atoms with Crippen molar-refractivity contribution in [1.82, 2.24) is 9.97 Å². The highest BCUT2D eigenvalue weighted by molar-refractivity contribution is 9.10. The SMILES string of the molecule is CC1CCCc2c1[nH]c1cc(Br)c(Cl)nc21. The molecule has 1 aliphatic rings. The van der Waals surface area contributed by atoms with Crippen LogP contribution in [-0.2, 0) is 6.42 Å². The Morgan fingerprint density at radius 2 is 2.38 bits per heavy atom. The molecular weight excluding hydrogens is 288 g/mol. The van der Waals surface area contributed by atoms with Crippen LogP contribution >= 0.6 is 27.5 Å². The van der Waals surface area contributed by atoms with Gasteiger partial charge in [0.1, 0.15) is 5.15 Å². The molecule has 16 heavy (non-hydrogen) atoms. The normalized spacial score (nSPS) is 20.1. The molecule has 84 valence electrons. The Morgan fingerprint density at radius 1 is 1.56 bits per heavy atom. The Morgan fingerprint density at radius 3 is 3.19 bits per heavy atom. The van der Waals surface area contributed by atoms with Crippen LogP contribution in [0.3, 0.4) is 0 Å². The number of nitrogens with one attached hydrogen (secondary N) is 1. The molecule has 0 fully saturated rings. The number of pyridine rings is 1. The third kappa shape index (κ3) is 1.49. The minimum Gasteiger partial charge on any atom is -0.357 e. The molecule has 0 aromatic carbocycles. The first-order valence-electron chi connectivity index (χ1n) is 5.53. The van der Waals surface area contributed by atoms with Crippen LogP contribution in [0, 0.1) is 0 Å². The Labute approximate surface area is 108 Å². The molecule has 0 saturated heterocycles. The molecule has 0 aliphatic heterocycles. The van der Waals surface area contributed by atoms with Gasteiger partial charge >= 0.3 is 0 Å². The molecule has 2 aromatic heterocycles. The molecule has 0 bridgehead atoms. The maximum absolute atomic E-state index is 6.05. The third-order valence-electron chi connectivity index (χ3n) is 3.37. The van der Waals surface area contributed by atoms with Crippen LogP contribution in [-0.4, -0.2) is 9.97 Å². The van der Waals surface area contributed by atoms with Gasteiger partial charge in [-0.25, -0.2) is 4.98 Å². The van der Waals surface area contributed by atoms with Gasteiger partial charge in [-0.15, -0.1) is 0 Å². The lowest BCUT2D eigenvalue weighted by Gasteiger charge is -2.17. The van der Waals surface area contributed by atoms with E-state index in [1.165, 1.54) is 24.1 Å². The summed E-state index contributed by atoms with van der Waals surface area (Å²) in [5, 5.41) is 0.549. The number of H-pyrrole nitrogens is 1. The molecule has 2 aromatic rings. The molecule has 1 N–H and O–H groups in total. The quantitative estimate of drug-likeness (QED) is 0.717. The van der Waals surface area contributed by atoms with Gasteiger partial charge in [-0.2, -0.15) is 0 Å². The van der Waals surface area contributed by atoms with E-state index in [0.29, 0.717) is 11.1 Å². The maximum atomic E-state index is 6.05. The van der Waals surface area contributed by atoms with E-state index in [9.17, 15) is 0 Å². The number of fused-ring (bicyclic) bond motifs is 3. The minimum atomic E-state index is 0.549. The summed E-state index contributed by atoms with van der Waals surface area (Å²) in [5.74, 6) is 0.607. The van der Waals surface area contributed by atoms with Crippen LogP contribution in [0.1, 0.15) is 36.9 Å². The van der Waals surface area contributed by atoms with Gasteiger partial charge in [-0.1, -0.05) is 18.5 Å². The molecule has 1 aliphatic carbocycles. The van der Waals surface area contributed by atoms with Crippen LogP contribution in [0.25, 0.3) is 11.0 Å². The minimum absolute atomic E-state index is 0.549. The fraction of sp³-hybridized carbons (Fsp3) is 0.417. The lowest BCUT2D eigenvalue weighted by molar-refractivity contribution is 0.582. The average molecular weight is 300 g/mol. The Balaban J connectivity index is 2.32. The fourth-order valence-electron chi connectivity index (χ4n) is 2.54. The average Bonchev–Trinajstić information content (AvgIpc) is 2.59. The second-order valence-corrected chi connectivity index (χ2v) is 5.68. The molecule has 2 heterocycles. The largest absolute Gasteiger partial charge is 0.357 e. The molecule has 1 atom stereocenters. The van der Waals surface area contributed by atoms with Crippen molar-refractivity contribution >= 4 is 38.6 Å². The lowest BCUT2D eigenvalue weighted by atomic mass is 9.89. The molecule has 1 unspecified atom stereocenters. The molecule has 3 rings (SSSR count). The Hall–Kier alpha value is -0.540. The zero-order chi connectivity index (χ0) is 11.3. The van der Waals surface area contributed by atoms with Crippen LogP contribution in [0.5, 0.6) is 0 Å². The van der Waals surface area contributed by atoms with Crippen molar-refractivity contribution in [2.75, 3.05) is 0 Å². The van der Waals surface area contributed by atoms with Crippen molar-refractivity contribution in [1.29, 1.82) is 0 Å². The van der Waals surface area contributed by atoms with Crippen LogP contribution in [0.15, 0.2) is 10.5 Å². The number of halogens is 2. The van der Waals surface area contributed by atoms with E-state index in [1.54, 1.807) is 0 Å². The number of hydrogen-bond donors (Lipinski definition) is 1. The fourth-order valence-corrected chi connectivity index (χ4v) is 3.00. The van der Waals surface area contributed by atoms with Crippen molar-refractivity contribution < 1.29 is 0 Å². The topological polar surface area (TPSA) is 28.7 Å². The van der Waals surface area contributed by atoms with Gasteiger partial charge in [-0.05, 0) is 52.7 Å². The highest BCUT2D eigenvalue weighted by Gasteiger charge is 2.22. The number of rotatable bonds is 0. The molecular formula is C12H12BrClN2. The summed E-state index contributed by atoms with van der Waals surface area (Å²) in [6.07, 6.45) is 3.62. The van der Waals surface area contributed by atoms with Gasteiger partial charge in [0, 0.05) is 5.69 Å². The summed E-state index contributed by atoms with van der Waals surface area (Å²) in [6.45, 7) is 2.27. The van der Waals surface area contributed by atoms with Gasteiger partial charge in [0.05, 0.1) is 15.5 Å². The molecule has 0 spiro atoms. The van der Waals surface area contributed by atoms with Gasteiger partial charge in [0.25, 0.3) is 0 Å². The Kier molecular flexibility index (Phi) is 2.48. The van der Waals surface area contributed by atoms with Crippen molar-refractivity contribution in [3.63, 3.8) is 0 Å². The summed E-state index contributed by atoms with van der Waals surface area (Å²) >= 11 is 9.46. The van der Waals surface area contributed by atoms with Crippen LogP contribution < -0.4 is 0 Å². The molecule has 0 saturated carbocycles. The second kappa shape index (κ2) is 3.74. The van der Waals surface area contributed by atoms with Gasteiger partial charge in [0.2, 0.25) is 0 Å². The van der Waals surface area contributed by atoms with Gasteiger partial charge < -0.3 is 4.98 Å². The third-order valence-corrected chi connectivity index (χ3v) is 4.49. The summed E-state index contributed by atoms with van der Waals surface area (Å²) in [6, 6.07) is 2.02. The number of nitrogens with zero attached hydrogens (tertiary/aromatic N) is 1. The smallest absolute Gasteiger partial charge is 0.144 e. The van der Waals surface area contributed by atoms with Crippen molar-refractivity contribution in [3.8, 4) is 0 Å². The van der Waals surface area contributed by atoms with Crippen molar-refractivity contribution in [3.05, 3.63) is 26.9 Å².